The number of hydrogen-bond donors (Lipinski definition) is 1. The Morgan fingerprint density at radius 1 is 1.08 bits per heavy atom. The van der Waals surface area contributed by atoms with Gasteiger partial charge in [-0.25, -0.2) is 0 Å². The van der Waals surface area contributed by atoms with Crippen LogP contribution in [0.25, 0.3) is 0 Å². The second kappa shape index (κ2) is 8.42. The molecule has 0 aliphatic rings. The van der Waals surface area contributed by atoms with Crippen molar-refractivity contribution >= 4 is 11.8 Å². The molecule has 2 amide bonds. The maximum absolute atomic E-state index is 13.0. The average molecular weight is 339 g/mol. The van der Waals surface area contributed by atoms with Crippen molar-refractivity contribution in [3.8, 4) is 0 Å². The fraction of sp³-hybridized carbons (Fsp3) is 0.350. The molecule has 5 heteroatoms. The molecule has 0 aliphatic heterocycles. The predicted octanol–water partition coefficient (Wildman–Crippen LogP) is 3.27. The number of benzene rings is 1. The Balaban J connectivity index is 2.23. The van der Waals surface area contributed by atoms with Gasteiger partial charge in [0.15, 0.2) is 0 Å². The van der Waals surface area contributed by atoms with Crippen LogP contribution in [-0.2, 0) is 6.54 Å². The van der Waals surface area contributed by atoms with Crippen LogP contribution in [0.15, 0.2) is 48.7 Å². The highest BCUT2D eigenvalue weighted by molar-refractivity contribution is 5.98. The zero-order valence-electron chi connectivity index (χ0n) is 15.2. The van der Waals surface area contributed by atoms with Crippen LogP contribution in [0.5, 0.6) is 0 Å². The fourth-order valence-corrected chi connectivity index (χ4v) is 2.46. The van der Waals surface area contributed by atoms with E-state index in [2.05, 4.69) is 10.3 Å². The summed E-state index contributed by atoms with van der Waals surface area (Å²) >= 11 is 0. The van der Waals surface area contributed by atoms with Gasteiger partial charge in [-0.15, -0.1) is 0 Å². The summed E-state index contributed by atoms with van der Waals surface area (Å²) in [5.41, 5.74) is 1.79. The van der Waals surface area contributed by atoms with Crippen molar-refractivity contribution in [3.05, 3.63) is 65.5 Å². The molecule has 0 saturated heterocycles. The molecular weight excluding hydrogens is 314 g/mol. The van der Waals surface area contributed by atoms with Crippen molar-refractivity contribution in [3.63, 3.8) is 0 Å². The molecule has 1 aromatic heterocycles. The lowest BCUT2D eigenvalue weighted by molar-refractivity contribution is 0.0690. The van der Waals surface area contributed by atoms with Gasteiger partial charge in [-0.1, -0.05) is 30.3 Å². The number of nitrogens with zero attached hydrogens (tertiary/aromatic N) is 2. The number of aromatic nitrogens is 1. The number of carbonyl (C=O) groups excluding carboxylic acids is 2. The van der Waals surface area contributed by atoms with Crippen LogP contribution >= 0.6 is 0 Å². The molecule has 132 valence electrons. The minimum Gasteiger partial charge on any atom is -0.349 e. The first-order valence-electron chi connectivity index (χ1n) is 8.50. The Hall–Kier alpha value is -2.69. The lowest BCUT2D eigenvalue weighted by Crippen LogP contribution is -2.36. The highest BCUT2D eigenvalue weighted by Crippen LogP contribution is 2.14. The molecule has 0 saturated carbocycles. The van der Waals surface area contributed by atoms with E-state index in [1.165, 1.54) is 6.20 Å². The molecule has 2 rings (SSSR count). The van der Waals surface area contributed by atoms with Crippen molar-refractivity contribution in [2.75, 3.05) is 0 Å². The van der Waals surface area contributed by atoms with Crippen LogP contribution in [-0.4, -0.2) is 33.8 Å². The summed E-state index contributed by atoms with van der Waals surface area (Å²) in [4.78, 5) is 30.9. The van der Waals surface area contributed by atoms with Crippen LogP contribution in [0.1, 0.15) is 54.1 Å². The number of hydrogen-bond acceptors (Lipinski definition) is 3. The zero-order valence-corrected chi connectivity index (χ0v) is 15.2. The molecule has 5 nitrogen and oxygen atoms in total. The van der Waals surface area contributed by atoms with Crippen LogP contribution in [0.3, 0.4) is 0 Å². The summed E-state index contributed by atoms with van der Waals surface area (Å²) in [5.74, 6) is -0.386. The van der Waals surface area contributed by atoms with Crippen LogP contribution in [0.2, 0.25) is 0 Å². The molecule has 0 spiro atoms. The van der Waals surface area contributed by atoms with E-state index in [9.17, 15) is 9.59 Å². The lowest BCUT2D eigenvalue weighted by atomic mass is 10.1. The Labute approximate surface area is 149 Å². The molecule has 1 aromatic carbocycles. The third-order valence-electron chi connectivity index (χ3n) is 3.74. The molecule has 0 unspecified atom stereocenters. The Morgan fingerprint density at radius 3 is 2.36 bits per heavy atom. The Bertz CT molecular complexity index is 727. The monoisotopic (exact) mass is 339 g/mol. The van der Waals surface area contributed by atoms with Gasteiger partial charge in [0.2, 0.25) is 0 Å². The molecule has 0 aliphatic carbocycles. The molecule has 1 heterocycles. The largest absolute Gasteiger partial charge is 0.349 e. The van der Waals surface area contributed by atoms with Crippen molar-refractivity contribution in [1.82, 2.24) is 15.2 Å². The summed E-state index contributed by atoms with van der Waals surface area (Å²) in [6.45, 7) is 8.25. The average Bonchev–Trinajstić information content (AvgIpc) is 2.59. The number of carbonyl (C=O) groups is 2. The van der Waals surface area contributed by atoms with Crippen molar-refractivity contribution in [1.29, 1.82) is 0 Å². The second-order valence-corrected chi connectivity index (χ2v) is 6.57. The quantitative estimate of drug-likeness (QED) is 0.878. The molecule has 0 radical (unpaired) electrons. The van der Waals surface area contributed by atoms with Gasteiger partial charge in [-0.2, -0.15) is 0 Å². The number of pyridine rings is 1. The van der Waals surface area contributed by atoms with Gasteiger partial charge in [-0.3, -0.25) is 14.6 Å². The van der Waals surface area contributed by atoms with E-state index in [1.807, 2.05) is 58.0 Å². The third kappa shape index (κ3) is 5.14. The van der Waals surface area contributed by atoms with Gasteiger partial charge in [-0.05, 0) is 45.4 Å². The number of nitrogens with one attached hydrogen (secondary N) is 1. The zero-order chi connectivity index (χ0) is 18.4. The summed E-state index contributed by atoms with van der Waals surface area (Å²) in [6.07, 6.45) is 1.50. The highest BCUT2D eigenvalue weighted by Gasteiger charge is 2.20. The summed E-state index contributed by atoms with van der Waals surface area (Å²) in [6, 6.07) is 13.1. The molecule has 0 atom stereocenters. The Morgan fingerprint density at radius 2 is 1.76 bits per heavy atom. The minimum atomic E-state index is -0.274. The maximum Gasteiger partial charge on any atom is 0.270 e. The van der Waals surface area contributed by atoms with E-state index in [0.29, 0.717) is 12.1 Å². The van der Waals surface area contributed by atoms with E-state index in [1.54, 1.807) is 17.0 Å². The first-order chi connectivity index (χ1) is 11.9. The fourth-order valence-electron chi connectivity index (χ4n) is 2.46. The lowest BCUT2D eigenvalue weighted by Gasteiger charge is -2.27. The third-order valence-corrected chi connectivity index (χ3v) is 3.74. The molecular formula is C20H25N3O2. The van der Waals surface area contributed by atoms with E-state index >= 15 is 0 Å². The molecule has 1 N–H and O–H groups in total. The highest BCUT2D eigenvalue weighted by atomic mass is 16.2. The van der Waals surface area contributed by atoms with E-state index < -0.39 is 0 Å². The van der Waals surface area contributed by atoms with E-state index in [0.717, 1.165) is 5.56 Å². The number of amides is 2. The summed E-state index contributed by atoms with van der Waals surface area (Å²) in [7, 11) is 0. The maximum atomic E-state index is 13.0. The van der Waals surface area contributed by atoms with Crippen molar-refractivity contribution in [2.45, 2.75) is 46.3 Å². The minimum absolute atomic E-state index is 0.0129. The summed E-state index contributed by atoms with van der Waals surface area (Å²) in [5, 5.41) is 2.79. The standard InChI is InChI=1S/C20H25N3O2/c1-14(2)22-19(24)18-12-17(10-11-21-18)20(25)23(15(3)4)13-16-8-6-5-7-9-16/h5-12,14-15H,13H2,1-4H3,(H,22,24). The number of rotatable bonds is 6. The van der Waals surface area contributed by atoms with Gasteiger partial charge >= 0.3 is 0 Å². The van der Waals surface area contributed by atoms with Crippen LogP contribution < -0.4 is 5.32 Å². The Kier molecular flexibility index (Phi) is 6.28. The van der Waals surface area contributed by atoms with Gasteiger partial charge in [0, 0.05) is 30.4 Å². The van der Waals surface area contributed by atoms with E-state index in [-0.39, 0.29) is 29.6 Å². The van der Waals surface area contributed by atoms with Gasteiger partial charge < -0.3 is 10.2 Å². The normalized spacial score (nSPS) is 10.8. The molecule has 2 aromatic rings. The summed E-state index contributed by atoms with van der Waals surface area (Å²) < 4.78 is 0. The first kappa shape index (κ1) is 18.6. The van der Waals surface area contributed by atoms with Gasteiger partial charge in [0.1, 0.15) is 5.69 Å². The van der Waals surface area contributed by atoms with Gasteiger partial charge in [0.25, 0.3) is 11.8 Å². The van der Waals surface area contributed by atoms with Crippen LogP contribution in [0.4, 0.5) is 0 Å². The topological polar surface area (TPSA) is 62.3 Å². The SMILES string of the molecule is CC(C)NC(=O)c1cc(C(=O)N(Cc2ccccc2)C(C)C)ccn1. The van der Waals surface area contributed by atoms with Crippen molar-refractivity contribution < 1.29 is 9.59 Å². The van der Waals surface area contributed by atoms with E-state index in [4.69, 9.17) is 0 Å². The van der Waals surface area contributed by atoms with Crippen molar-refractivity contribution in [2.24, 2.45) is 0 Å². The first-order valence-corrected chi connectivity index (χ1v) is 8.50. The smallest absolute Gasteiger partial charge is 0.270 e. The molecule has 0 fully saturated rings. The van der Waals surface area contributed by atoms with Gasteiger partial charge in [0.05, 0.1) is 0 Å². The second-order valence-electron chi connectivity index (χ2n) is 6.57. The molecule has 0 bridgehead atoms. The molecule has 25 heavy (non-hydrogen) atoms. The van der Waals surface area contributed by atoms with Crippen LogP contribution in [0, 0.1) is 0 Å². The predicted molar refractivity (Wildman–Crippen MR) is 98.3 cm³/mol.